The van der Waals surface area contributed by atoms with E-state index >= 15 is 0 Å². The van der Waals surface area contributed by atoms with Crippen LogP contribution in [0.25, 0.3) is 0 Å². The summed E-state index contributed by atoms with van der Waals surface area (Å²) in [7, 11) is 0. The second-order valence-corrected chi connectivity index (χ2v) is 3.80. The number of hydrogen-bond acceptors (Lipinski definition) is 3. The van der Waals surface area contributed by atoms with Gasteiger partial charge in [-0.05, 0) is 12.8 Å². The Hall–Kier alpha value is -1.16. The summed E-state index contributed by atoms with van der Waals surface area (Å²) < 4.78 is 2.05. The van der Waals surface area contributed by atoms with Crippen LogP contribution in [-0.4, -0.2) is 27.0 Å². The molecule has 1 heterocycles. The zero-order valence-corrected chi connectivity index (χ0v) is 10.1. The molecule has 0 aliphatic heterocycles. The number of Topliss-reactive ketones (excluding diaryl/α,β-unsaturated/α-hetero) is 1. The summed E-state index contributed by atoms with van der Waals surface area (Å²) in [6, 6.07) is 0. The molecule has 4 heteroatoms. The first-order valence-corrected chi connectivity index (χ1v) is 5.88. The molecule has 0 saturated heterocycles. The first-order valence-electron chi connectivity index (χ1n) is 5.88. The molecule has 0 radical (unpaired) electrons. The minimum atomic E-state index is -0.0520. The van der Waals surface area contributed by atoms with Crippen molar-refractivity contribution in [2.24, 2.45) is 0 Å². The average Bonchev–Trinajstić information content (AvgIpc) is 2.68. The maximum atomic E-state index is 11.3. The zero-order chi connectivity index (χ0) is 12.0. The van der Waals surface area contributed by atoms with Crippen molar-refractivity contribution in [3.05, 3.63) is 17.7 Å². The lowest BCUT2D eigenvalue weighted by atomic mass is 10.2. The van der Waals surface area contributed by atoms with Crippen LogP contribution < -0.4 is 0 Å². The molecule has 1 aromatic heterocycles. The molecule has 1 N–H and O–H groups in total. The van der Waals surface area contributed by atoms with Crippen LogP contribution in [0.3, 0.4) is 0 Å². The summed E-state index contributed by atoms with van der Waals surface area (Å²) in [5, 5.41) is 8.64. The van der Waals surface area contributed by atoms with Gasteiger partial charge in [-0.25, -0.2) is 4.98 Å². The summed E-state index contributed by atoms with van der Waals surface area (Å²) in [5.74, 6) is 0.108. The molecule has 4 nitrogen and oxygen atoms in total. The Kier molecular flexibility index (Phi) is 5.19. The normalized spacial score (nSPS) is 10.7. The molecule has 0 amide bonds. The lowest BCUT2D eigenvalue weighted by molar-refractivity contribution is -0.119. The minimum absolute atomic E-state index is 0.0520. The molecule has 0 spiro atoms. The number of rotatable bonds is 7. The summed E-state index contributed by atoms with van der Waals surface area (Å²) in [4.78, 5) is 15.6. The van der Waals surface area contributed by atoms with E-state index in [2.05, 4.69) is 18.8 Å². The Balaban J connectivity index is 2.59. The highest BCUT2D eigenvalue weighted by molar-refractivity contribution is 5.78. The number of hydrogen-bond donors (Lipinski definition) is 1. The van der Waals surface area contributed by atoms with Gasteiger partial charge in [0.2, 0.25) is 0 Å². The second kappa shape index (κ2) is 6.43. The molecular formula is C12H20N2O2. The third kappa shape index (κ3) is 3.17. The molecule has 0 aliphatic carbocycles. The number of aliphatic hydroxyl groups excluding tert-OH is 1. The molecular weight excluding hydrogens is 204 g/mol. The van der Waals surface area contributed by atoms with E-state index in [9.17, 15) is 4.79 Å². The van der Waals surface area contributed by atoms with Crippen molar-refractivity contribution in [1.29, 1.82) is 0 Å². The SMILES string of the molecule is CCc1ncn(CCC(=O)CCO)c1CC. The fraction of sp³-hybridized carbons (Fsp3) is 0.667. The summed E-state index contributed by atoms with van der Waals surface area (Å²) in [5.41, 5.74) is 2.34. The molecule has 16 heavy (non-hydrogen) atoms. The lowest BCUT2D eigenvalue weighted by Gasteiger charge is -2.06. The van der Waals surface area contributed by atoms with Crippen molar-refractivity contribution in [3.8, 4) is 0 Å². The summed E-state index contributed by atoms with van der Waals surface area (Å²) in [6.07, 6.45) is 4.42. The molecule has 0 fully saturated rings. The van der Waals surface area contributed by atoms with Crippen molar-refractivity contribution in [2.75, 3.05) is 6.61 Å². The largest absolute Gasteiger partial charge is 0.396 e. The molecule has 0 aromatic carbocycles. The smallest absolute Gasteiger partial charge is 0.136 e. The van der Waals surface area contributed by atoms with Crippen LogP contribution >= 0.6 is 0 Å². The van der Waals surface area contributed by atoms with E-state index in [0.29, 0.717) is 13.0 Å². The Morgan fingerprint density at radius 2 is 2.12 bits per heavy atom. The quantitative estimate of drug-likeness (QED) is 0.760. The van der Waals surface area contributed by atoms with Gasteiger partial charge in [0, 0.05) is 31.7 Å². The molecule has 0 unspecified atom stereocenters. The Morgan fingerprint density at radius 1 is 1.38 bits per heavy atom. The first kappa shape index (κ1) is 12.9. The van der Waals surface area contributed by atoms with Crippen molar-refractivity contribution >= 4 is 5.78 Å². The average molecular weight is 224 g/mol. The molecule has 0 atom stereocenters. The topological polar surface area (TPSA) is 55.1 Å². The number of carbonyl (C=O) groups excluding carboxylic acids is 1. The van der Waals surface area contributed by atoms with Gasteiger partial charge in [0.1, 0.15) is 5.78 Å². The van der Waals surface area contributed by atoms with Crippen molar-refractivity contribution in [1.82, 2.24) is 9.55 Å². The van der Waals surface area contributed by atoms with Crippen molar-refractivity contribution in [3.63, 3.8) is 0 Å². The maximum absolute atomic E-state index is 11.3. The first-order chi connectivity index (χ1) is 7.72. The van der Waals surface area contributed by atoms with Crippen LogP contribution in [0.1, 0.15) is 38.1 Å². The predicted molar refractivity (Wildman–Crippen MR) is 62.3 cm³/mol. The van der Waals surface area contributed by atoms with Crippen molar-refractivity contribution in [2.45, 2.75) is 46.1 Å². The van der Waals surface area contributed by atoms with Crippen LogP contribution in [0.15, 0.2) is 6.33 Å². The Labute approximate surface area is 96.3 Å². The van der Waals surface area contributed by atoms with E-state index in [4.69, 9.17) is 5.11 Å². The van der Waals surface area contributed by atoms with Gasteiger partial charge >= 0.3 is 0 Å². The van der Waals surface area contributed by atoms with Crippen molar-refractivity contribution < 1.29 is 9.90 Å². The van der Waals surface area contributed by atoms with E-state index in [0.717, 1.165) is 18.5 Å². The van der Waals surface area contributed by atoms with Crippen LogP contribution in [0.4, 0.5) is 0 Å². The van der Waals surface area contributed by atoms with Gasteiger partial charge in [0.25, 0.3) is 0 Å². The highest BCUT2D eigenvalue weighted by Crippen LogP contribution is 2.10. The Morgan fingerprint density at radius 3 is 2.69 bits per heavy atom. The zero-order valence-electron chi connectivity index (χ0n) is 10.1. The number of carbonyl (C=O) groups is 1. The van der Waals surface area contributed by atoms with E-state index in [1.807, 2.05) is 10.9 Å². The third-order valence-electron chi connectivity index (χ3n) is 2.72. The van der Waals surface area contributed by atoms with E-state index in [1.165, 1.54) is 5.69 Å². The van der Waals surface area contributed by atoms with Gasteiger partial charge < -0.3 is 9.67 Å². The van der Waals surface area contributed by atoms with Crippen LogP contribution in [0, 0.1) is 0 Å². The number of aryl methyl sites for hydroxylation is 2. The van der Waals surface area contributed by atoms with E-state index in [-0.39, 0.29) is 18.8 Å². The molecule has 0 bridgehead atoms. The van der Waals surface area contributed by atoms with Gasteiger partial charge in [0.05, 0.1) is 12.0 Å². The highest BCUT2D eigenvalue weighted by atomic mass is 16.3. The van der Waals surface area contributed by atoms with Gasteiger partial charge in [-0.2, -0.15) is 0 Å². The fourth-order valence-electron chi connectivity index (χ4n) is 1.84. The standard InChI is InChI=1S/C12H20N2O2/c1-3-11-12(4-2)14(9-13-11)7-5-10(16)6-8-15/h9,15H,3-8H2,1-2H3. The molecule has 1 aromatic rings. The number of imidazole rings is 1. The number of ketones is 1. The Bertz CT molecular complexity index is 345. The van der Waals surface area contributed by atoms with Gasteiger partial charge in [-0.15, -0.1) is 0 Å². The summed E-state index contributed by atoms with van der Waals surface area (Å²) in [6.45, 7) is 4.81. The van der Waals surface area contributed by atoms with E-state index in [1.54, 1.807) is 0 Å². The lowest BCUT2D eigenvalue weighted by Crippen LogP contribution is -2.09. The van der Waals surface area contributed by atoms with E-state index < -0.39 is 0 Å². The predicted octanol–water partition coefficient (Wildman–Crippen LogP) is 1.35. The van der Waals surface area contributed by atoms with Crippen LogP contribution in [-0.2, 0) is 24.2 Å². The minimum Gasteiger partial charge on any atom is -0.396 e. The van der Waals surface area contributed by atoms with Gasteiger partial charge in [0.15, 0.2) is 0 Å². The monoisotopic (exact) mass is 224 g/mol. The number of aliphatic hydroxyl groups is 1. The molecule has 0 aliphatic rings. The van der Waals surface area contributed by atoms with Gasteiger partial charge in [-0.1, -0.05) is 13.8 Å². The number of aromatic nitrogens is 2. The number of nitrogens with zero attached hydrogens (tertiary/aromatic N) is 2. The van der Waals surface area contributed by atoms with Gasteiger partial charge in [-0.3, -0.25) is 4.79 Å². The molecule has 1 rings (SSSR count). The molecule has 90 valence electrons. The highest BCUT2D eigenvalue weighted by Gasteiger charge is 2.08. The fourth-order valence-corrected chi connectivity index (χ4v) is 1.84. The summed E-state index contributed by atoms with van der Waals surface area (Å²) >= 11 is 0. The van der Waals surface area contributed by atoms with Crippen LogP contribution in [0.5, 0.6) is 0 Å². The second-order valence-electron chi connectivity index (χ2n) is 3.80. The maximum Gasteiger partial charge on any atom is 0.136 e. The third-order valence-corrected chi connectivity index (χ3v) is 2.72. The molecule has 0 saturated carbocycles. The van der Waals surface area contributed by atoms with Crippen LogP contribution in [0.2, 0.25) is 0 Å².